The standard InChI is InChI=1S/C10H16N4O3/c1-4-5-11-10(15)8(3)13-6-9(14(16)17)7(2)12-13/h6,8H,4-5H2,1-3H3,(H,11,15). The van der Waals surface area contributed by atoms with Crippen molar-refractivity contribution in [2.24, 2.45) is 0 Å². The molecule has 1 aromatic rings. The van der Waals surface area contributed by atoms with Crippen molar-refractivity contribution in [1.29, 1.82) is 0 Å². The van der Waals surface area contributed by atoms with Gasteiger partial charge in [0.25, 0.3) is 0 Å². The average Bonchev–Trinajstić information content (AvgIpc) is 2.67. The van der Waals surface area contributed by atoms with Crippen molar-refractivity contribution < 1.29 is 9.72 Å². The summed E-state index contributed by atoms with van der Waals surface area (Å²) in [6.45, 7) is 5.74. The molecule has 0 aromatic carbocycles. The second-order valence-corrected chi connectivity index (χ2v) is 3.80. The van der Waals surface area contributed by atoms with E-state index in [1.807, 2.05) is 6.92 Å². The van der Waals surface area contributed by atoms with Gasteiger partial charge in [0, 0.05) is 6.54 Å². The van der Waals surface area contributed by atoms with Crippen LogP contribution in [0.1, 0.15) is 32.0 Å². The number of aryl methyl sites for hydroxylation is 1. The molecule has 1 unspecified atom stereocenters. The Morgan fingerprint density at radius 3 is 2.82 bits per heavy atom. The molecule has 0 fully saturated rings. The SMILES string of the molecule is CCCNC(=O)C(C)n1cc([N+](=O)[O-])c(C)n1. The highest BCUT2D eigenvalue weighted by Crippen LogP contribution is 2.18. The molecule has 1 N–H and O–H groups in total. The van der Waals surface area contributed by atoms with Crippen LogP contribution < -0.4 is 5.32 Å². The molecule has 7 nitrogen and oxygen atoms in total. The summed E-state index contributed by atoms with van der Waals surface area (Å²) in [5, 5.41) is 17.3. The highest BCUT2D eigenvalue weighted by molar-refractivity contribution is 5.79. The number of hydrogen-bond donors (Lipinski definition) is 1. The van der Waals surface area contributed by atoms with Gasteiger partial charge in [-0.05, 0) is 20.3 Å². The number of hydrogen-bond acceptors (Lipinski definition) is 4. The summed E-state index contributed by atoms with van der Waals surface area (Å²) < 4.78 is 1.32. The van der Waals surface area contributed by atoms with Crippen LogP contribution in [0.2, 0.25) is 0 Å². The van der Waals surface area contributed by atoms with Gasteiger partial charge in [0.2, 0.25) is 5.91 Å². The summed E-state index contributed by atoms with van der Waals surface area (Å²) in [6, 6.07) is -0.547. The smallest absolute Gasteiger partial charge is 0.309 e. The molecule has 7 heteroatoms. The molecule has 1 atom stereocenters. The van der Waals surface area contributed by atoms with Crippen LogP contribution in [0.4, 0.5) is 5.69 Å². The fourth-order valence-corrected chi connectivity index (χ4v) is 1.37. The third-order valence-corrected chi connectivity index (χ3v) is 2.41. The number of carbonyl (C=O) groups excluding carboxylic acids is 1. The van der Waals surface area contributed by atoms with Gasteiger partial charge < -0.3 is 5.32 Å². The second kappa shape index (κ2) is 5.42. The molecule has 0 aliphatic rings. The molecule has 1 aromatic heterocycles. The molecular formula is C10H16N4O3. The van der Waals surface area contributed by atoms with Gasteiger partial charge in [0.05, 0.1) is 4.92 Å². The average molecular weight is 240 g/mol. The molecule has 0 saturated heterocycles. The van der Waals surface area contributed by atoms with E-state index < -0.39 is 11.0 Å². The maximum Gasteiger partial charge on any atom is 0.309 e. The Morgan fingerprint density at radius 2 is 2.35 bits per heavy atom. The third-order valence-electron chi connectivity index (χ3n) is 2.41. The van der Waals surface area contributed by atoms with Gasteiger partial charge in [-0.1, -0.05) is 6.92 Å². The Labute approximate surface area is 99.0 Å². The number of carbonyl (C=O) groups is 1. The second-order valence-electron chi connectivity index (χ2n) is 3.80. The highest BCUT2D eigenvalue weighted by Gasteiger charge is 2.21. The first-order valence-electron chi connectivity index (χ1n) is 5.45. The predicted molar refractivity (Wildman–Crippen MR) is 61.6 cm³/mol. The Balaban J connectivity index is 2.82. The zero-order valence-corrected chi connectivity index (χ0v) is 10.1. The van der Waals surface area contributed by atoms with Crippen LogP contribution in [0, 0.1) is 17.0 Å². The molecule has 94 valence electrons. The minimum atomic E-state index is -0.547. The van der Waals surface area contributed by atoms with E-state index in [0.717, 1.165) is 6.42 Å². The number of nitro groups is 1. The van der Waals surface area contributed by atoms with Crippen molar-refractivity contribution in [2.75, 3.05) is 6.54 Å². The monoisotopic (exact) mass is 240 g/mol. The normalized spacial score (nSPS) is 12.2. The van der Waals surface area contributed by atoms with E-state index in [4.69, 9.17) is 0 Å². The maximum atomic E-state index is 11.7. The summed E-state index contributed by atoms with van der Waals surface area (Å²) in [6.07, 6.45) is 2.13. The van der Waals surface area contributed by atoms with E-state index in [1.54, 1.807) is 13.8 Å². The van der Waals surface area contributed by atoms with Crippen LogP contribution in [0.5, 0.6) is 0 Å². The molecule has 1 heterocycles. The number of nitrogens with zero attached hydrogens (tertiary/aromatic N) is 3. The minimum absolute atomic E-state index is 0.0693. The molecule has 0 aliphatic carbocycles. The Kier molecular flexibility index (Phi) is 4.19. The lowest BCUT2D eigenvalue weighted by Crippen LogP contribution is -2.31. The van der Waals surface area contributed by atoms with E-state index in [-0.39, 0.29) is 11.6 Å². The van der Waals surface area contributed by atoms with Gasteiger partial charge >= 0.3 is 5.69 Å². The van der Waals surface area contributed by atoms with E-state index in [0.29, 0.717) is 12.2 Å². The lowest BCUT2D eigenvalue weighted by Gasteiger charge is -2.11. The van der Waals surface area contributed by atoms with Crippen LogP contribution in [-0.4, -0.2) is 27.2 Å². The summed E-state index contributed by atoms with van der Waals surface area (Å²) in [5.41, 5.74) is 0.241. The first-order valence-corrected chi connectivity index (χ1v) is 5.45. The topological polar surface area (TPSA) is 90.1 Å². The van der Waals surface area contributed by atoms with Gasteiger partial charge in [-0.3, -0.25) is 19.6 Å². The van der Waals surface area contributed by atoms with E-state index >= 15 is 0 Å². The first-order chi connectivity index (χ1) is 7.97. The van der Waals surface area contributed by atoms with E-state index in [9.17, 15) is 14.9 Å². The van der Waals surface area contributed by atoms with Crippen molar-refractivity contribution >= 4 is 11.6 Å². The van der Waals surface area contributed by atoms with Gasteiger partial charge in [-0.2, -0.15) is 5.10 Å². The zero-order chi connectivity index (χ0) is 13.0. The number of rotatable bonds is 5. The van der Waals surface area contributed by atoms with Crippen molar-refractivity contribution in [1.82, 2.24) is 15.1 Å². The lowest BCUT2D eigenvalue weighted by molar-refractivity contribution is -0.385. The Morgan fingerprint density at radius 1 is 1.71 bits per heavy atom. The Bertz CT molecular complexity index is 427. The molecule has 0 aliphatic heterocycles. The molecule has 0 spiro atoms. The molecule has 1 rings (SSSR count). The number of aromatic nitrogens is 2. The Hall–Kier alpha value is -1.92. The summed E-state index contributed by atoms with van der Waals surface area (Å²) >= 11 is 0. The third kappa shape index (κ3) is 3.02. The summed E-state index contributed by atoms with van der Waals surface area (Å²) in [7, 11) is 0. The van der Waals surface area contributed by atoms with Gasteiger partial charge in [0.1, 0.15) is 17.9 Å². The number of amides is 1. The molecule has 1 amide bonds. The first kappa shape index (κ1) is 13.1. The van der Waals surface area contributed by atoms with Crippen molar-refractivity contribution in [3.8, 4) is 0 Å². The predicted octanol–water partition coefficient (Wildman–Crippen LogP) is 1.19. The summed E-state index contributed by atoms with van der Waals surface area (Å²) in [4.78, 5) is 21.8. The molecule has 0 saturated carbocycles. The van der Waals surface area contributed by atoms with Gasteiger partial charge in [0.15, 0.2) is 0 Å². The highest BCUT2D eigenvalue weighted by atomic mass is 16.6. The van der Waals surface area contributed by atoms with Crippen LogP contribution >= 0.6 is 0 Å². The van der Waals surface area contributed by atoms with Gasteiger partial charge in [-0.15, -0.1) is 0 Å². The van der Waals surface area contributed by atoms with Crippen molar-refractivity contribution in [3.05, 3.63) is 22.0 Å². The van der Waals surface area contributed by atoms with Crippen molar-refractivity contribution in [2.45, 2.75) is 33.2 Å². The maximum absolute atomic E-state index is 11.7. The lowest BCUT2D eigenvalue weighted by atomic mass is 10.3. The molecule has 0 radical (unpaired) electrons. The summed E-state index contributed by atoms with van der Waals surface area (Å²) in [5.74, 6) is -0.191. The quantitative estimate of drug-likeness (QED) is 0.618. The fourth-order valence-electron chi connectivity index (χ4n) is 1.37. The fraction of sp³-hybridized carbons (Fsp3) is 0.600. The van der Waals surface area contributed by atoms with Crippen LogP contribution in [0.3, 0.4) is 0 Å². The number of nitrogens with one attached hydrogen (secondary N) is 1. The van der Waals surface area contributed by atoms with Crippen LogP contribution in [-0.2, 0) is 4.79 Å². The minimum Gasteiger partial charge on any atom is -0.354 e. The zero-order valence-electron chi connectivity index (χ0n) is 10.1. The van der Waals surface area contributed by atoms with E-state index in [2.05, 4.69) is 10.4 Å². The molecule has 17 heavy (non-hydrogen) atoms. The largest absolute Gasteiger partial charge is 0.354 e. The van der Waals surface area contributed by atoms with Crippen molar-refractivity contribution in [3.63, 3.8) is 0 Å². The van der Waals surface area contributed by atoms with Crippen LogP contribution in [0.25, 0.3) is 0 Å². The van der Waals surface area contributed by atoms with Crippen LogP contribution in [0.15, 0.2) is 6.20 Å². The molecule has 0 bridgehead atoms. The molecular weight excluding hydrogens is 224 g/mol. The van der Waals surface area contributed by atoms with Gasteiger partial charge in [-0.25, -0.2) is 0 Å². The van der Waals surface area contributed by atoms with E-state index in [1.165, 1.54) is 10.9 Å².